The van der Waals surface area contributed by atoms with Crippen molar-refractivity contribution in [2.75, 3.05) is 27.3 Å². The van der Waals surface area contributed by atoms with E-state index in [2.05, 4.69) is 30.9 Å². The van der Waals surface area contributed by atoms with Crippen molar-refractivity contribution in [3.63, 3.8) is 0 Å². The molecule has 0 N–H and O–H groups in total. The number of benzene rings is 1. The predicted molar refractivity (Wildman–Crippen MR) is 78.0 cm³/mol. The fourth-order valence-corrected chi connectivity index (χ4v) is 2.57. The molecule has 0 fully saturated rings. The van der Waals surface area contributed by atoms with Gasteiger partial charge in [0.1, 0.15) is 0 Å². The smallest absolute Gasteiger partial charge is 0.161 e. The van der Waals surface area contributed by atoms with Crippen molar-refractivity contribution in [1.29, 1.82) is 0 Å². The summed E-state index contributed by atoms with van der Waals surface area (Å²) in [4.78, 5) is 2.54. The van der Waals surface area contributed by atoms with Crippen LogP contribution in [0.5, 0.6) is 11.5 Å². The first-order valence-electron chi connectivity index (χ1n) is 7.10. The van der Waals surface area contributed by atoms with Crippen LogP contribution >= 0.6 is 0 Å². The second-order valence-corrected chi connectivity index (χ2v) is 5.68. The Morgan fingerprint density at radius 3 is 2.32 bits per heavy atom. The van der Waals surface area contributed by atoms with Crippen LogP contribution in [0.1, 0.15) is 31.4 Å². The maximum Gasteiger partial charge on any atom is 0.161 e. The zero-order valence-corrected chi connectivity index (χ0v) is 12.5. The highest BCUT2D eigenvalue weighted by atomic mass is 16.5. The number of hydrogen-bond donors (Lipinski definition) is 0. The molecule has 2 rings (SSSR count). The van der Waals surface area contributed by atoms with E-state index < -0.39 is 0 Å². The molecule has 1 aromatic rings. The van der Waals surface area contributed by atoms with E-state index in [0.717, 1.165) is 36.9 Å². The molecule has 0 saturated carbocycles. The van der Waals surface area contributed by atoms with Gasteiger partial charge in [0, 0.05) is 13.1 Å². The number of rotatable bonds is 5. The first kappa shape index (κ1) is 14.2. The van der Waals surface area contributed by atoms with Gasteiger partial charge in [0.25, 0.3) is 0 Å². The van der Waals surface area contributed by atoms with Gasteiger partial charge in [-0.3, -0.25) is 4.90 Å². The molecule has 0 spiro atoms. The zero-order valence-electron chi connectivity index (χ0n) is 12.5. The van der Waals surface area contributed by atoms with Crippen LogP contribution in [0.15, 0.2) is 12.1 Å². The zero-order chi connectivity index (χ0) is 13.8. The third kappa shape index (κ3) is 3.41. The highest BCUT2D eigenvalue weighted by molar-refractivity contribution is 5.48. The van der Waals surface area contributed by atoms with Crippen LogP contribution in [0.2, 0.25) is 0 Å². The first-order valence-corrected chi connectivity index (χ1v) is 7.10. The number of methoxy groups -OCH3 is 2. The molecule has 19 heavy (non-hydrogen) atoms. The van der Waals surface area contributed by atoms with E-state index in [1.54, 1.807) is 14.2 Å². The molecule has 1 aromatic carbocycles. The Kier molecular flexibility index (Phi) is 4.70. The molecule has 0 unspecified atom stereocenters. The van der Waals surface area contributed by atoms with Crippen molar-refractivity contribution in [2.24, 2.45) is 5.92 Å². The van der Waals surface area contributed by atoms with Crippen molar-refractivity contribution in [1.82, 2.24) is 4.90 Å². The quantitative estimate of drug-likeness (QED) is 0.815. The van der Waals surface area contributed by atoms with Crippen molar-refractivity contribution >= 4 is 0 Å². The van der Waals surface area contributed by atoms with E-state index >= 15 is 0 Å². The average Bonchev–Trinajstić information content (AvgIpc) is 2.43. The molecule has 1 aliphatic heterocycles. The third-order valence-electron chi connectivity index (χ3n) is 3.82. The van der Waals surface area contributed by atoms with Gasteiger partial charge in [-0.1, -0.05) is 13.8 Å². The van der Waals surface area contributed by atoms with Gasteiger partial charge in [-0.2, -0.15) is 0 Å². The predicted octanol–water partition coefficient (Wildman–Crippen LogP) is 3.11. The summed E-state index contributed by atoms with van der Waals surface area (Å²) in [7, 11) is 3.39. The van der Waals surface area contributed by atoms with E-state index in [4.69, 9.17) is 9.47 Å². The van der Waals surface area contributed by atoms with Crippen LogP contribution in [-0.2, 0) is 13.0 Å². The second kappa shape index (κ2) is 6.29. The SMILES string of the molecule is COc1cc2c(cc1OC)CN(CCC(C)C)CC2. The van der Waals surface area contributed by atoms with Crippen molar-refractivity contribution in [3.8, 4) is 11.5 Å². The summed E-state index contributed by atoms with van der Waals surface area (Å²) in [5, 5.41) is 0. The molecular weight excluding hydrogens is 238 g/mol. The first-order chi connectivity index (χ1) is 9.13. The van der Waals surface area contributed by atoms with Gasteiger partial charge >= 0.3 is 0 Å². The molecule has 3 heteroatoms. The van der Waals surface area contributed by atoms with E-state index in [1.165, 1.54) is 24.1 Å². The summed E-state index contributed by atoms with van der Waals surface area (Å²) in [5.74, 6) is 2.45. The largest absolute Gasteiger partial charge is 0.493 e. The Bertz CT molecular complexity index is 429. The van der Waals surface area contributed by atoms with Gasteiger partial charge in [-0.15, -0.1) is 0 Å². The second-order valence-electron chi connectivity index (χ2n) is 5.68. The van der Waals surface area contributed by atoms with Gasteiger partial charge in [-0.05, 0) is 48.6 Å². The maximum atomic E-state index is 5.39. The molecule has 3 nitrogen and oxygen atoms in total. The molecule has 0 bridgehead atoms. The van der Waals surface area contributed by atoms with Gasteiger partial charge in [-0.25, -0.2) is 0 Å². The Labute approximate surface area is 116 Å². The van der Waals surface area contributed by atoms with E-state index in [0.29, 0.717) is 0 Å². The number of nitrogens with zero attached hydrogens (tertiary/aromatic N) is 1. The summed E-state index contributed by atoms with van der Waals surface area (Å²) in [6.45, 7) is 7.93. The molecular formula is C16H25NO2. The lowest BCUT2D eigenvalue weighted by molar-refractivity contribution is 0.238. The highest BCUT2D eigenvalue weighted by Gasteiger charge is 2.19. The number of ether oxygens (including phenoxy) is 2. The Morgan fingerprint density at radius 2 is 1.74 bits per heavy atom. The summed E-state index contributed by atoms with van der Waals surface area (Å²) in [6.07, 6.45) is 2.37. The monoisotopic (exact) mass is 263 g/mol. The van der Waals surface area contributed by atoms with Gasteiger partial charge < -0.3 is 9.47 Å². The molecule has 106 valence electrons. The standard InChI is InChI=1S/C16H25NO2/c1-12(2)5-7-17-8-6-13-9-15(18-3)16(19-4)10-14(13)11-17/h9-10,12H,5-8,11H2,1-4H3. The Morgan fingerprint density at radius 1 is 1.11 bits per heavy atom. The minimum Gasteiger partial charge on any atom is -0.493 e. The summed E-state index contributed by atoms with van der Waals surface area (Å²) in [6, 6.07) is 4.27. The van der Waals surface area contributed by atoms with Gasteiger partial charge in [0.15, 0.2) is 11.5 Å². The van der Waals surface area contributed by atoms with Crippen LogP contribution in [-0.4, -0.2) is 32.2 Å². The fourth-order valence-electron chi connectivity index (χ4n) is 2.57. The van der Waals surface area contributed by atoms with Crippen molar-refractivity contribution in [2.45, 2.75) is 33.2 Å². The lowest BCUT2D eigenvalue weighted by atomic mass is 9.98. The fraction of sp³-hybridized carbons (Fsp3) is 0.625. The van der Waals surface area contributed by atoms with Crippen LogP contribution in [0.4, 0.5) is 0 Å². The van der Waals surface area contributed by atoms with E-state index in [1.807, 2.05) is 0 Å². The lowest BCUT2D eigenvalue weighted by Crippen LogP contribution is -2.32. The molecule has 0 aromatic heterocycles. The van der Waals surface area contributed by atoms with Gasteiger partial charge in [0.2, 0.25) is 0 Å². The molecule has 0 saturated heterocycles. The lowest BCUT2D eigenvalue weighted by Gasteiger charge is -2.30. The molecule has 0 aliphatic carbocycles. The van der Waals surface area contributed by atoms with E-state index in [-0.39, 0.29) is 0 Å². The number of hydrogen-bond acceptors (Lipinski definition) is 3. The maximum absolute atomic E-state index is 5.39. The molecule has 0 atom stereocenters. The van der Waals surface area contributed by atoms with Crippen molar-refractivity contribution < 1.29 is 9.47 Å². The topological polar surface area (TPSA) is 21.7 Å². The molecule has 0 amide bonds. The minimum absolute atomic E-state index is 0.770. The average molecular weight is 263 g/mol. The summed E-state index contributed by atoms with van der Waals surface area (Å²) >= 11 is 0. The van der Waals surface area contributed by atoms with Crippen LogP contribution < -0.4 is 9.47 Å². The van der Waals surface area contributed by atoms with Crippen molar-refractivity contribution in [3.05, 3.63) is 23.3 Å². The highest BCUT2D eigenvalue weighted by Crippen LogP contribution is 2.33. The minimum atomic E-state index is 0.770. The van der Waals surface area contributed by atoms with Crippen LogP contribution in [0.3, 0.4) is 0 Å². The summed E-state index contributed by atoms with van der Waals surface area (Å²) in [5.41, 5.74) is 2.78. The molecule has 1 aliphatic rings. The normalized spacial score (nSPS) is 15.4. The molecule has 0 radical (unpaired) electrons. The Balaban J connectivity index is 2.11. The Hall–Kier alpha value is -1.22. The van der Waals surface area contributed by atoms with Gasteiger partial charge in [0.05, 0.1) is 14.2 Å². The van der Waals surface area contributed by atoms with Crippen LogP contribution in [0, 0.1) is 5.92 Å². The summed E-state index contributed by atoms with van der Waals surface area (Å²) < 4.78 is 10.8. The van der Waals surface area contributed by atoms with Crippen LogP contribution in [0.25, 0.3) is 0 Å². The molecule has 1 heterocycles. The van der Waals surface area contributed by atoms with E-state index in [9.17, 15) is 0 Å². The number of fused-ring (bicyclic) bond motifs is 1. The third-order valence-corrected chi connectivity index (χ3v) is 3.82.